The molecule has 0 saturated carbocycles. The summed E-state index contributed by atoms with van der Waals surface area (Å²) >= 11 is 5.85. The minimum absolute atomic E-state index is 0.204. The molecular weight excluding hydrogens is 279 g/mol. The first-order valence-electron chi connectivity index (χ1n) is 6.69. The topological polar surface area (TPSA) is 28.4 Å². The van der Waals surface area contributed by atoms with Gasteiger partial charge in [0.25, 0.3) is 0 Å². The van der Waals surface area contributed by atoms with Crippen molar-refractivity contribution in [1.29, 1.82) is 0 Å². The van der Waals surface area contributed by atoms with Crippen LogP contribution in [0.2, 0.25) is 5.02 Å². The fourth-order valence-corrected chi connectivity index (χ4v) is 2.80. The number of nitrogens with one attached hydrogen (secondary N) is 1. The summed E-state index contributed by atoms with van der Waals surface area (Å²) in [6.45, 7) is 3.50. The Morgan fingerprint density at radius 2 is 2.05 bits per heavy atom. The SMILES string of the molecule is Fc1cc(Cl)ccc1[C@H](c1ccco1)N1CCNCC1. The van der Waals surface area contributed by atoms with Gasteiger partial charge in [0.2, 0.25) is 0 Å². The fourth-order valence-electron chi connectivity index (χ4n) is 2.64. The molecule has 0 bridgehead atoms. The Hall–Kier alpha value is -1.36. The van der Waals surface area contributed by atoms with Gasteiger partial charge in [-0.05, 0) is 24.3 Å². The second-order valence-electron chi connectivity index (χ2n) is 4.87. The Morgan fingerprint density at radius 3 is 2.70 bits per heavy atom. The minimum Gasteiger partial charge on any atom is -0.467 e. The largest absolute Gasteiger partial charge is 0.467 e. The molecule has 1 atom stereocenters. The maximum absolute atomic E-state index is 14.3. The Labute approximate surface area is 122 Å². The van der Waals surface area contributed by atoms with Gasteiger partial charge in [0.15, 0.2) is 0 Å². The van der Waals surface area contributed by atoms with E-state index in [0.29, 0.717) is 10.6 Å². The van der Waals surface area contributed by atoms with Crippen molar-refractivity contribution < 1.29 is 8.81 Å². The van der Waals surface area contributed by atoms with Crippen molar-refractivity contribution in [3.8, 4) is 0 Å². The second kappa shape index (κ2) is 5.95. The third-order valence-corrected chi connectivity index (χ3v) is 3.82. The zero-order chi connectivity index (χ0) is 13.9. The number of rotatable bonds is 3. The molecule has 1 aromatic heterocycles. The van der Waals surface area contributed by atoms with Crippen molar-refractivity contribution in [2.75, 3.05) is 26.2 Å². The van der Waals surface area contributed by atoms with Crippen LogP contribution in [0.5, 0.6) is 0 Å². The molecule has 1 fully saturated rings. The molecule has 1 N–H and O–H groups in total. The zero-order valence-corrected chi connectivity index (χ0v) is 11.7. The Bertz CT molecular complexity index is 567. The van der Waals surface area contributed by atoms with Crippen LogP contribution >= 0.6 is 11.6 Å². The van der Waals surface area contributed by atoms with Crippen molar-refractivity contribution >= 4 is 11.6 Å². The predicted octanol–water partition coefficient (Wildman–Crippen LogP) is 3.07. The average Bonchev–Trinajstić information content (AvgIpc) is 2.97. The van der Waals surface area contributed by atoms with E-state index in [9.17, 15) is 4.39 Å². The van der Waals surface area contributed by atoms with E-state index in [0.717, 1.165) is 31.9 Å². The Balaban J connectivity index is 2.00. The lowest BCUT2D eigenvalue weighted by molar-refractivity contribution is 0.177. The molecule has 0 aliphatic carbocycles. The van der Waals surface area contributed by atoms with Gasteiger partial charge in [-0.2, -0.15) is 0 Å². The number of halogens is 2. The van der Waals surface area contributed by atoms with Crippen molar-refractivity contribution in [2.45, 2.75) is 6.04 Å². The van der Waals surface area contributed by atoms with E-state index in [1.165, 1.54) is 6.07 Å². The molecule has 20 heavy (non-hydrogen) atoms. The molecule has 106 valence electrons. The number of hydrogen-bond acceptors (Lipinski definition) is 3. The Kier molecular flexibility index (Phi) is 4.05. The smallest absolute Gasteiger partial charge is 0.129 e. The summed E-state index contributed by atoms with van der Waals surface area (Å²) in [5.41, 5.74) is 0.603. The molecule has 1 aliphatic heterocycles. The van der Waals surface area contributed by atoms with Crippen LogP contribution in [0.3, 0.4) is 0 Å². The third-order valence-electron chi connectivity index (χ3n) is 3.59. The standard InChI is InChI=1S/C15H16ClFN2O/c16-11-3-4-12(13(17)10-11)15(14-2-1-9-20-14)19-7-5-18-6-8-19/h1-4,9-10,15,18H,5-8H2/t15-/m1/s1. The van der Waals surface area contributed by atoms with Crippen molar-refractivity contribution in [2.24, 2.45) is 0 Å². The minimum atomic E-state index is -0.294. The van der Waals surface area contributed by atoms with Crippen LogP contribution in [0, 0.1) is 5.82 Å². The van der Waals surface area contributed by atoms with E-state index >= 15 is 0 Å². The van der Waals surface area contributed by atoms with Gasteiger partial charge in [0.05, 0.1) is 12.3 Å². The van der Waals surface area contributed by atoms with Crippen LogP contribution < -0.4 is 5.32 Å². The van der Waals surface area contributed by atoms with Gasteiger partial charge >= 0.3 is 0 Å². The molecule has 0 spiro atoms. The lowest BCUT2D eigenvalue weighted by atomic mass is 10.0. The van der Waals surface area contributed by atoms with Crippen molar-refractivity contribution in [3.63, 3.8) is 0 Å². The second-order valence-corrected chi connectivity index (χ2v) is 5.31. The zero-order valence-electron chi connectivity index (χ0n) is 11.0. The summed E-state index contributed by atoms with van der Waals surface area (Å²) in [4.78, 5) is 2.22. The number of nitrogens with zero attached hydrogens (tertiary/aromatic N) is 1. The first kappa shape index (κ1) is 13.6. The summed E-state index contributed by atoms with van der Waals surface area (Å²) in [6.07, 6.45) is 1.62. The van der Waals surface area contributed by atoms with E-state index in [-0.39, 0.29) is 11.9 Å². The van der Waals surface area contributed by atoms with Gasteiger partial charge in [0.1, 0.15) is 11.6 Å². The van der Waals surface area contributed by atoms with Crippen LogP contribution in [0.15, 0.2) is 41.0 Å². The summed E-state index contributed by atoms with van der Waals surface area (Å²) in [7, 11) is 0. The summed E-state index contributed by atoms with van der Waals surface area (Å²) in [5.74, 6) is 0.463. The lowest BCUT2D eigenvalue weighted by Crippen LogP contribution is -2.45. The molecule has 3 nitrogen and oxygen atoms in total. The summed E-state index contributed by atoms with van der Waals surface area (Å²) < 4.78 is 19.8. The fraction of sp³-hybridized carbons (Fsp3) is 0.333. The number of furan rings is 1. The van der Waals surface area contributed by atoms with E-state index in [2.05, 4.69) is 10.2 Å². The van der Waals surface area contributed by atoms with Crippen LogP contribution in [-0.4, -0.2) is 31.1 Å². The molecule has 0 radical (unpaired) electrons. The van der Waals surface area contributed by atoms with Crippen molar-refractivity contribution in [1.82, 2.24) is 10.2 Å². The van der Waals surface area contributed by atoms with Gasteiger partial charge in [0, 0.05) is 36.8 Å². The number of hydrogen-bond donors (Lipinski definition) is 1. The highest BCUT2D eigenvalue weighted by molar-refractivity contribution is 6.30. The quantitative estimate of drug-likeness (QED) is 0.943. The highest BCUT2D eigenvalue weighted by Gasteiger charge is 2.28. The lowest BCUT2D eigenvalue weighted by Gasteiger charge is -2.34. The summed E-state index contributed by atoms with van der Waals surface area (Å²) in [5, 5.41) is 3.71. The van der Waals surface area contributed by atoms with Gasteiger partial charge in [-0.3, -0.25) is 4.90 Å². The highest BCUT2D eigenvalue weighted by Crippen LogP contribution is 2.32. The molecule has 2 aromatic rings. The molecule has 0 amide bonds. The van der Waals surface area contributed by atoms with Crippen LogP contribution in [0.4, 0.5) is 4.39 Å². The van der Waals surface area contributed by atoms with Crippen LogP contribution in [0.1, 0.15) is 17.4 Å². The maximum Gasteiger partial charge on any atom is 0.129 e. The molecule has 1 aromatic carbocycles. The molecule has 1 saturated heterocycles. The molecule has 3 rings (SSSR count). The predicted molar refractivity (Wildman–Crippen MR) is 76.4 cm³/mol. The number of benzene rings is 1. The van der Waals surface area contributed by atoms with Crippen LogP contribution in [-0.2, 0) is 0 Å². The first-order chi connectivity index (χ1) is 9.75. The normalized spacial score (nSPS) is 18.1. The third kappa shape index (κ3) is 2.73. The van der Waals surface area contributed by atoms with Gasteiger partial charge in [-0.25, -0.2) is 4.39 Å². The Morgan fingerprint density at radius 1 is 1.25 bits per heavy atom. The molecular formula is C15H16ClFN2O. The van der Waals surface area contributed by atoms with Gasteiger partial charge in [-0.15, -0.1) is 0 Å². The number of piperazine rings is 1. The highest BCUT2D eigenvalue weighted by atomic mass is 35.5. The molecule has 1 aliphatic rings. The molecule has 2 heterocycles. The van der Waals surface area contributed by atoms with E-state index < -0.39 is 0 Å². The molecule has 0 unspecified atom stereocenters. The first-order valence-corrected chi connectivity index (χ1v) is 7.06. The van der Waals surface area contributed by atoms with Crippen molar-refractivity contribution in [3.05, 3.63) is 58.8 Å². The van der Waals surface area contributed by atoms with E-state index in [4.69, 9.17) is 16.0 Å². The van der Waals surface area contributed by atoms with Crippen LogP contribution in [0.25, 0.3) is 0 Å². The monoisotopic (exact) mass is 294 g/mol. The summed E-state index contributed by atoms with van der Waals surface area (Å²) in [6, 6.07) is 8.34. The van der Waals surface area contributed by atoms with E-state index in [1.54, 1.807) is 18.4 Å². The van der Waals surface area contributed by atoms with Gasteiger partial charge < -0.3 is 9.73 Å². The average molecular weight is 295 g/mol. The van der Waals surface area contributed by atoms with Gasteiger partial charge in [-0.1, -0.05) is 17.7 Å². The molecule has 5 heteroatoms. The maximum atomic E-state index is 14.3. The van der Waals surface area contributed by atoms with E-state index in [1.807, 2.05) is 12.1 Å².